The average molecular weight is 468 g/mol. The molecule has 0 aromatic heterocycles. The Balaban J connectivity index is 3.35. The van der Waals surface area contributed by atoms with Crippen LogP contribution in [0.4, 0.5) is 4.79 Å². The number of carbonyl (C=O) groups excluding carboxylic acids is 1. The summed E-state index contributed by atoms with van der Waals surface area (Å²) in [6, 6.07) is 10.7. The predicted molar refractivity (Wildman–Crippen MR) is 114 cm³/mol. The summed E-state index contributed by atoms with van der Waals surface area (Å²) in [7, 11) is 0. The van der Waals surface area contributed by atoms with Gasteiger partial charge in [-0.2, -0.15) is 0 Å². The first-order valence-corrected chi connectivity index (χ1v) is 20.1. The third kappa shape index (κ3) is 5.64. The Kier molecular flexibility index (Phi) is 8.98. The van der Waals surface area contributed by atoms with E-state index in [-0.39, 0.29) is 18.2 Å². The van der Waals surface area contributed by atoms with Crippen LogP contribution < -0.4 is 0 Å². The van der Waals surface area contributed by atoms with Crippen LogP contribution in [0.3, 0.4) is 0 Å². The van der Waals surface area contributed by atoms with Crippen molar-refractivity contribution >= 4 is 24.5 Å². The third-order valence-corrected chi connectivity index (χ3v) is 13.9. The zero-order valence-corrected chi connectivity index (χ0v) is 21.0. The maximum atomic E-state index is 13.2. The second kappa shape index (κ2) is 10.0. The fourth-order valence-electron chi connectivity index (χ4n) is 3.77. The summed E-state index contributed by atoms with van der Waals surface area (Å²) in [5.41, 5.74) is 1.18. The van der Waals surface area contributed by atoms with Crippen LogP contribution in [0.1, 0.15) is 65.9 Å². The molecule has 1 atom stereocenters. The molecule has 1 rings (SSSR count). The van der Waals surface area contributed by atoms with Crippen molar-refractivity contribution in [2.45, 2.75) is 90.8 Å². The predicted octanol–water partition coefficient (Wildman–Crippen LogP) is 6.60. The van der Waals surface area contributed by atoms with Crippen molar-refractivity contribution in [3.8, 4) is 0 Å². The molecule has 0 saturated heterocycles. The van der Waals surface area contributed by atoms with Crippen LogP contribution in [-0.2, 0) is 8.35 Å². The standard InChI is InChI=1S/C19H30NO2.3CH3.Sn/c1-6-7-9-14-18(17-12-10-8-11-13-17)22-19(21)20(15(2)3)16(4)5;;;;/h8,10-13,15-16H,6-7,9,14H2,1-5H3;3*1H3;. The van der Waals surface area contributed by atoms with E-state index >= 15 is 0 Å². The van der Waals surface area contributed by atoms with Crippen LogP contribution in [0, 0.1) is 0 Å². The zero-order chi connectivity index (χ0) is 20.0. The van der Waals surface area contributed by atoms with E-state index in [4.69, 9.17) is 4.74 Å². The van der Waals surface area contributed by atoms with Gasteiger partial charge in [0.15, 0.2) is 0 Å². The molecule has 0 aliphatic heterocycles. The molecule has 1 amide bonds. The average Bonchev–Trinajstić information content (AvgIpc) is 2.53. The topological polar surface area (TPSA) is 29.5 Å². The van der Waals surface area contributed by atoms with E-state index in [9.17, 15) is 4.79 Å². The fourth-order valence-corrected chi connectivity index (χ4v) is 10.5. The molecule has 1 aromatic rings. The molecule has 4 heteroatoms. The van der Waals surface area contributed by atoms with Crippen LogP contribution in [-0.4, -0.2) is 41.5 Å². The van der Waals surface area contributed by atoms with Crippen LogP contribution in [0.15, 0.2) is 30.3 Å². The number of benzene rings is 1. The van der Waals surface area contributed by atoms with Crippen molar-refractivity contribution in [2.24, 2.45) is 0 Å². The molecule has 0 aliphatic rings. The van der Waals surface area contributed by atoms with E-state index < -0.39 is 22.0 Å². The monoisotopic (exact) mass is 469 g/mol. The van der Waals surface area contributed by atoms with Gasteiger partial charge in [0.05, 0.1) is 0 Å². The van der Waals surface area contributed by atoms with Gasteiger partial charge in [0.25, 0.3) is 0 Å². The SMILES string of the molecule is CCCCC[C@@](OC(=O)N(C(C)C)C(C)C)(c1ccccc1)[Sn]([CH3])([CH3])[CH3]. The first kappa shape index (κ1) is 23.3. The Hall–Kier alpha value is -0.711. The van der Waals surface area contributed by atoms with E-state index in [2.05, 4.69) is 73.7 Å². The summed E-state index contributed by atoms with van der Waals surface area (Å²) in [6.45, 7) is 10.5. The second-order valence-electron chi connectivity index (χ2n) is 8.86. The first-order valence-electron chi connectivity index (χ1n) is 10.1. The van der Waals surface area contributed by atoms with Crippen molar-refractivity contribution in [3.05, 3.63) is 35.9 Å². The summed E-state index contributed by atoms with van der Waals surface area (Å²) in [5.74, 6) is 0. The van der Waals surface area contributed by atoms with Gasteiger partial charge in [-0.3, -0.25) is 0 Å². The number of unbranched alkanes of at least 4 members (excludes halogenated alkanes) is 2. The molecule has 0 N–H and O–H groups in total. The van der Waals surface area contributed by atoms with Gasteiger partial charge in [-0.15, -0.1) is 0 Å². The molecule has 1 aromatic carbocycles. The van der Waals surface area contributed by atoms with Gasteiger partial charge in [-0.25, -0.2) is 0 Å². The molecule has 3 nitrogen and oxygen atoms in total. The number of hydrogen-bond donors (Lipinski definition) is 0. The van der Waals surface area contributed by atoms with Crippen molar-refractivity contribution < 1.29 is 9.53 Å². The maximum absolute atomic E-state index is 13.2. The van der Waals surface area contributed by atoms with E-state index in [1.807, 2.05) is 11.0 Å². The molecule has 0 radical (unpaired) electrons. The van der Waals surface area contributed by atoms with Crippen LogP contribution in [0.2, 0.25) is 14.8 Å². The van der Waals surface area contributed by atoms with Gasteiger partial charge in [-0.1, -0.05) is 0 Å². The number of carbonyl (C=O) groups is 1. The van der Waals surface area contributed by atoms with Gasteiger partial charge in [0.1, 0.15) is 0 Å². The van der Waals surface area contributed by atoms with Gasteiger partial charge in [0.2, 0.25) is 0 Å². The first-order chi connectivity index (χ1) is 12.1. The molecule has 0 saturated carbocycles. The van der Waals surface area contributed by atoms with E-state index in [1.165, 1.54) is 18.4 Å². The number of ether oxygens (including phenoxy) is 1. The molecule has 0 fully saturated rings. The summed E-state index contributed by atoms with van der Waals surface area (Å²) in [4.78, 5) is 22.3. The Morgan fingerprint density at radius 3 is 2.00 bits per heavy atom. The normalized spacial score (nSPS) is 14.4. The van der Waals surface area contributed by atoms with Gasteiger partial charge in [0, 0.05) is 0 Å². The molecule has 148 valence electrons. The number of amides is 1. The van der Waals surface area contributed by atoms with E-state index in [1.54, 1.807) is 0 Å². The summed E-state index contributed by atoms with van der Waals surface area (Å²) in [5, 5.41) is 0. The minimum absolute atomic E-state index is 0.127. The van der Waals surface area contributed by atoms with Crippen molar-refractivity contribution in [3.63, 3.8) is 0 Å². The third-order valence-electron chi connectivity index (χ3n) is 5.17. The fraction of sp³-hybridized carbons (Fsp3) is 0.682. The second-order valence-corrected chi connectivity index (χ2v) is 24.0. The Bertz CT molecular complexity index is 543. The van der Waals surface area contributed by atoms with Gasteiger partial charge < -0.3 is 0 Å². The van der Waals surface area contributed by atoms with Crippen LogP contribution >= 0.6 is 0 Å². The molecule has 0 unspecified atom stereocenters. The van der Waals surface area contributed by atoms with Crippen molar-refractivity contribution in [2.75, 3.05) is 0 Å². The molecule has 0 bridgehead atoms. The summed E-state index contributed by atoms with van der Waals surface area (Å²) < 4.78 is 6.07. The minimum atomic E-state index is -2.73. The van der Waals surface area contributed by atoms with Crippen LogP contribution in [0.25, 0.3) is 0 Å². The van der Waals surface area contributed by atoms with Crippen molar-refractivity contribution in [1.82, 2.24) is 4.90 Å². The molecular weight excluding hydrogens is 429 g/mol. The number of hydrogen-bond acceptors (Lipinski definition) is 2. The van der Waals surface area contributed by atoms with E-state index in [0.29, 0.717) is 0 Å². The molecular formula is C22H39NO2Sn. The van der Waals surface area contributed by atoms with Crippen LogP contribution in [0.5, 0.6) is 0 Å². The molecule has 0 spiro atoms. The molecule has 26 heavy (non-hydrogen) atoms. The molecule has 0 aliphatic carbocycles. The quantitative estimate of drug-likeness (QED) is 0.302. The van der Waals surface area contributed by atoms with Crippen molar-refractivity contribution in [1.29, 1.82) is 0 Å². The number of nitrogens with zero attached hydrogens (tertiary/aromatic N) is 1. The van der Waals surface area contributed by atoms with Gasteiger partial charge >= 0.3 is 166 Å². The Labute approximate surface area is 165 Å². The Morgan fingerprint density at radius 2 is 1.58 bits per heavy atom. The Morgan fingerprint density at radius 1 is 1.04 bits per heavy atom. The number of rotatable bonds is 9. The summed E-state index contributed by atoms with van der Waals surface area (Å²) >= 11 is -2.73. The van der Waals surface area contributed by atoms with E-state index in [0.717, 1.165) is 12.8 Å². The zero-order valence-electron chi connectivity index (χ0n) is 18.1. The summed E-state index contributed by atoms with van der Waals surface area (Å²) in [6.07, 6.45) is 4.20. The van der Waals surface area contributed by atoms with Gasteiger partial charge in [-0.05, 0) is 0 Å². The molecule has 0 heterocycles.